The summed E-state index contributed by atoms with van der Waals surface area (Å²) in [5.74, 6) is -0.510. The maximum Gasteiger partial charge on any atom is 0.265 e. The molecule has 72 valence electrons. The van der Waals surface area contributed by atoms with Gasteiger partial charge in [-0.05, 0) is 22.0 Å². The topological polar surface area (TPSA) is 71.8 Å². The maximum absolute atomic E-state index is 10.9. The molecule has 3 N–H and O–H groups in total. The number of halogens is 2. The first-order chi connectivity index (χ1) is 6.59. The Morgan fingerprint density at radius 2 is 2.36 bits per heavy atom. The summed E-state index contributed by atoms with van der Waals surface area (Å²) in [5.41, 5.74) is 6.18. The molecule has 2 aromatic heterocycles. The van der Waals surface area contributed by atoms with E-state index < -0.39 is 5.91 Å². The number of nitrogens with two attached hydrogens (primary N) is 1. The lowest BCUT2D eigenvalue weighted by Crippen LogP contribution is -2.10. The molecule has 2 heterocycles. The highest BCUT2D eigenvalue weighted by Crippen LogP contribution is 2.29. The lowest BCUT2D eigenvalue weighted by atomic mass is 10.3. The number of pyridine rings is 1. The molecular formula is C8H5BrClN3O. The fraction of sp³-hybridized carbons (Fsp3) is 0. The van der Waals surface area contributed by atoms with E-state index in [0.29, 0.717) is 15.3 Å². The van der Waals surface area contributed by atoms with Crippen LogP contribution < -0.4 is 5.73 Å². The minimum Gasteiger partial charge on any atom is -0.364 e. The van der Waals surface area contributed by atoms with Crippen LogP contribution in [-0.2, 0) is 0 Å². The standard InChI is InChI=1S/C8H5BrClN3O/c9-6-3-1-4(8(11)14)13-5(3)2-12-7(6)10/h1-2,13H,(H2,11,14). The third-order valence-electron chi connectivity index (χ3n) is 1.84. The van der Waals surface area contributed by atoms with Gasteiger partial charge < -0.3 is 10.7 Å². The summed E-state index contributed by atoms with van der Waals surface area (Å²) in [4.78, 5) is 17.6. The zero-order chi connectivity index (χ0) is 10.3. The number of hydrogen-bond donors (Lipinski definition) is 2. The summed E-state index contributed by atoms with van der Waals surface area (Å²) < 4.78 is 0.653. The third-order valence-corrected chi connectivity index (χ3v) is 3.16. The summed E-state index contributed by atoms with van der Waals surface area (Å²) in [5, 5.41) is 1.14. The zero-order valence-corrected chi connectivity index (χ0v) is 9.19. The van der Waals surface area contributed by atoms with Crippen LogP contribution in [0.5, 0.6) is 0 Å². The Labute approximate surface area is 92.6 Å². The fourth-order valence-corrected chi connectivity index (χ4v) is 1.76. The van der Waals surface area contributed by atoms with Crippen molar-refractivity contribution in [1.82, 2.24) is 9.97 Å². The highest BCUT2D eigenvalue weighted by molar-refractivity contribution is 9.10. The van der Waals surface area contributed by atoms with Crippen molar-refractivity contribution < 1.29 is 4.79 Å². The Bertz CT molecular complexity index is 523. The number of nitrogens with one attached hydrogen (secondary N) is 1. The van der Waals surface area contributed by atoms with Crippen molar-refractivity contribution in [2.75, 3.05) is 0 Å². The number of primary amides is 1. The van der Waals surface area contributed by atoms with Gasteiger partial charge in [0.25, 0.3) is 5.91 Å². The van der Waals surface area contributed by atoms with Crippen LogP contribution >= 0.6 is 27.5 Å². The molecule has 0 unspecified atom stereocenters. The molecule has 0 bridgehead atoms. The van der Waals surface area contributed by atoms with E-state index in [0.717, 1.165) is 10.9 Å². The molecule has 0 saturated heterocycles. The van der Waals surface area contributed by atoms with Gasteiger partial charge in [0.15, 0.2) is 0 Å². The average Bonchev–Trinajstić information content (AvgIpc) is 2.56. The molecule has 0 atom stereocenters. The molecule has 0 aromatic carbocycles. The molecule has 0 radical (unpaired) electrons. The second-order valence-electron chi connectivity index (χ2n) is 2.74. The van der Waals surface area contributed by atoms with Gasteiger partial charge in [-0.25, -0.2) is 4.98 Å². The number of amides is 1. The number of fused-ring (bicyclic) bond motifs is 1. The molecule has 0 aliphatic heterocycles. The van der Waals surface area contributed by atoms with Crippen LogP contribution in [0.4, 0.5) is 0 Å². The van der Waals surface area contributed by atoms with Crippen LogP contribution in [0.3, 0.4) is 0 Å². The van der Waals surface area contributed by atoms with Crippen molar-refractivity contribution in [3.8, 4) is 0 Å². The molecule has 0 aliphatic carbocycles. The largest absolute Gasteiger partial charge is 0.364 e. The zero-order valence-electron chi connectivity index (χ0n) is 6.84. The first kappa shape index (κ1) is 9.48. The number of carbonyl (C=O) groups excluding carboxylic acids is 1. The van der Waals surface area contributed by atoms with Gasteiger partial charge in [0.2, 0.25) is 0 Å². The number of aromatic nitrogens is 2. The van der Waals surface area contributed by atoms with E-state index in [1.807, 2.05) is 0 Å². The number of H-pyrrole nitrogens is 1. The first-order valence-corrected chi connectivity index (χ1v) is 4.89. The minimum absolute atomic E-state index is 0.338. The Morgan fingerprint density at radius 3 is 3.00 bits per heavy atom. The number of aromatic amines is 1. The number of hydrogen-bond acceptors (Lipinski definition) is 2. The van der Waals surface area contributed by atoms with Crippen LogP contribution in [0, 0.1) is 0 Å². The van der Waals surface area contributed by atoms with Crippen molar-refractivity contribution in [2.24, 2.45) is 5.73 Å². The fourth-order valence-electron chi connectivity index (χ4n) is 1.18. The summed E-state index contributed by atoms with van der Waals surface area (Å²) in [6, 6.07) is 1.63. The van der Waals surface area contributed by atoms with E-state index in [4.69, 9.17) is 17.3 Å². The monoisotopic (exact) mass is 273 g/mol. The van der Waals surface area contributed by atoms with Crippen LogP contribution in [-0.4, -0.2) is 15.9 Å². The molecule has 0 saturated carbocycles. The average molecular weight is 275 g/mol. The molecule has 0 fully saturated rings. The Hall–Kier alpha value is -1.07. The van der Waals surface area contributed by atoms with E-state index in [9.17, 15) is 4.79 Å². The summed E-state index contributed by atoms with van der Waals surface area (Å²) in [7, 11) is 0. The van der Waals surface area contributed by atoms with Crippen molar-refractivity contribution in [1.29, 1.82) is 0 Å². The predicted octanol–water partition coefficient (Wildman–Crippen LogP) is 2.08. The van der Waals surface area contributed by atoms with E-state index >= 15 is 0 Å². The van der Waals surface area contributed by atoms with Crippen molar-refractivity contribution in [3.63, 3.8) is 0 Å². The van der Waals surface area contributed by atoms with Gasteiger partial charge in [0.05, 0.1) is 16.2 Å². The number of carbonyl (C=O) groups is 1. The van der Waals surface area contributed by atoms with Crippen molar-refractivity contribution in [2.45, 2.75) is 0 Å². The highest BCUT2D eigenvalue weighted by Gasteiger charge is 2.10. The molecule has 4 nitrogen and oxygen atoms in total. The predicted molar refractivity (Wildman–Crippen MR) is 57.3 cm³/mol. The van der Waals surface area contributed by atoms with Gasteiger partial charge in [0.1, 0.15) is 10.8 Å². The van der Waals surface area contributed by atoms with Gasteiger partial charge >= 0.3 is 0 Å². The van der Waals surface area contributed by atoms with Crippen molar-refractivity contribution in [3.05, 3.63) is 27.6 Å². The molecular weight excluding hydrogens is 269 g/mol. The van der Waals surface area contributed by atoms with Crippen molar-refractivity contribution >= 4 is 44.3 Å². The van der Waals surface area contributed by atoms with Crippen LogP contribution in [0.25, 0.3) is 10.9 Å². The molecule has 14 heavy (non-hydrogen) atoms. The van der Waals surface area contributed by atoms with Gasteiger partial charge in [-0.15, -0.1) is 0 Å². The van der Waals surface area contributed by atoms with Crippen LogP contribution in [0.2, 0.25) is 5.15 Å². The lowest BCUT2D eigenvalue weighted by molar-refractivity contribution is 0.0996. The second kappa shape index (κ2) is 3.25. The molecule has 0 aliphatic rings. The van der Waals surface area contributed by atoms with Gasteiger partial charge in [-0.1, -0.05) is 11.6 Å². The smallest absolute Gasteiger partial charge is 0.265 e. The molecule has 6 heteroatoms. The second-order valence-corrected chi connectivity index (χ2v) is 3.89. The Morgan fingerprint density at radius 1 is 1.64 bits per heavy atom. The third kappa shape index (κ3) is 1.38. The summed E-state index contributed by atoms with van der Waals surface area (Å²) >= 11 is 9.07. The molecule has 1 amide bonds. The lowest BCUT2D eigenvalue weighted by Gasteiger charge is -1.94. The molecule has 2 rings (SSSR count). The SMILES string of the molecule is NC(=O)c1cc2c(Br)c(Cl)ncc2[nH]1. The number of rotatable bonds is 1. The highest BCUT2D eigenvalue weighted by atomic mass is 79.9. The first-order valence-electron chi connectivity index (χ1n) is 3.72. The van der Waals surface area contributed by atoms with Gasteiger partial charge in [-0.2, -0.15) is 0 Å². The van der Waals surface area contributed by atoms with Crippen LogP contribution in [0.1, 0.15) is 10.5 Å². The normalized spacial score (nSPS) is 10.7. The summed E-state index contributed by atoms with van der Waals surface area (Å²) in [6.07, 6.45) is 1.55. The Kier molecular flexibility index (Phi) is 2.20. The van der Waals surface area contributed by atoms with Gasteiger partial charge in [-0.3, -0.25) is 4.79 Å². The quantitative estimate of drug-likeness (QED) is 0.782. The van der Waals surface area contributed by atoms with E-state index in [1.54, 1.807) is 12.3 Å². The summed E-state index contributed by atoms with van der Waals surface area (Å²) in [6.45, 7) is 0. The van der Waals surface area contributed by atoms with E-state index in [2.05, 4.69) is 25.9 Å². The molecule has 2 aromatic rings. The molecule has 0 spiro atoms. The van der Waals surface area contributed by atoms with E-state index in [1.165, 1.54) is 0 Å². The van der Waals surface area contributed by atoms with E-state index in [-0.39, 0.29) is 0 Å². The Balaban J connectivity index is 2.77. The van der Waals surface area contributed by atoms with Crippen LogP contribution in [0.15, 0.2) is 16.7 Å². The number of nitrogens with zero attached hydrogens (tertiary/aromatic N) is 1. The minimum atomic E-state index is -0.510. The maximum atomic E-state index is 10.9. The van der Waals surface area contributed by atoms with Gasteiger partial charge in [0, 0.05) is 5.39 Å².